The van der Waals surface area contributed by atoms with Gasteiger partial charge in [-0.1, -0.05) is 28.1 Å². The predicted molar refractivity (Wildman–Crippen MR) is 79.1 cm³/mol. The zero-order valence-corrected chi connectivity index (χ0v) is 13.0. The van der Waals surface area contributed by atoms with Gasteiger partial charge in [-0.2, -0.15) is 0 Å². The third-order valence-corrected chi connectivity index (χ3v) is 4.93. The maximum absolute atomic E-state index is 11.2. The van der Waals surface area contributed by atoms with Gasteiger partial charge in [0.05, 0.1) is 5.92 Å². The lowest BCUT2D eigenvalue weighted by molar-refractivity contribution is -0.145. The second-order valence-corrected chi connectivity index (χ2v) is 6.24. The molecule has 1 aromatic rings. The van der Waals surface area contributed by atoms with Crippen molar-refractivity contribution in [2.75, 3.05) is 6.54 Å². The van der Waals surface area contributed by atoms with Crippen LogP contribution in [0.1, 0.15) is 30.9 Å². The molecule has 1 heterocycles. The number of benzene rings is 1. The van der Waals surface area contributed by atoms with E-state index in [0.717, 1.165) is 30.4 Å². The highest BCUT2D eigenvalue weighted by atomic mass is 79.9. The number of piperidine rings is 1. The Morgan fingerprint density at radius 3 is 2.89 bits per heavy atom. The normalized spacial score (nSPS) is 24.4. The van der Waals surface area contributed by atoms with Gasteiger partial charge in [0.25, 0.3) is 0 Å². The monoisotopic (exact) mass is 325 g/mol. The smallest absolute Gasteiger partial charge is 0.308 e. The number of halogens is 1. The summed E-state index contributed by atoms with van der Waals surface area (Å²) in [6.45, 7) is 5.93. The van der Waals surface area contributed by atoms with Crippen molar-refractivity contribution in [3.8, 4) is 0 Å². The van der Waals surface area contributed by atoms with E-state index in [2.05, 4.69) is 46.0 Å². The van der Waals surface area contributed by atoms with Crippen molar-refractivity contribution >= 4 is 21.9 Å². The molecule has 0 unspecified atom stereocenters. The van der Waals surface area contributed by atoms with E-state index in [9.17, 15) is 9.90 Å². The second kappa shape index (κ2) is 6.06. The minimum absolute atomic E-state index is 0.107. The number of nitrogens with zero attached hydrogens (tertiary/aromatic N) is 1. The molecule has 1 saturated heterocycles. The Morgan fingerprint density at radius 2 is 2.26 bits per heavy atom. The Kier molecular flexibility index (Phi) is 4.63. The summed E-state index contributed by atoms with van der Waals surface area (Å²) in [6.07, 6.45) is 1.77. The summed E-state index contributed by atoms with van der Waals surface area (Å²) >= 11 is 3.50. The molecule has 1 N–H and O–H groups in total. The average molecular weight is 326 g/mol. The van der Waals surface area contributed by atoms with Crippen LogP contribution in [0.15, 0.2) is 22.7 Å². The fourth-order valence-corrected chi connectivity index (χ4v) is 3.05. The number of carboxylic acids is 1. The molecule has 0 bridgehead atoms. The lowest BCUT2D eigenvalue weighted by atomic mass is 9.90. The van der Waals surface area contributed by atoms with Gasteiger partial charge in [-0.3, -0.25) is 9.69 Å². The standard InChI is InChI=1S/C15H20BrNO2/c1-10-8-12(5-6-14(10)16)9-17-7-3-4-13(11(17)2)15(18)19/h5-6,8,11,13H,3-4,7,9H2,1-2H3,(H,18,19)/t11-,13-/m1/s1. The third kappa shape index (κ3) is 3.37. The van der Waals surface area contributed by atoms with Gasteiger partial charge in [0.2, 0.25) is 0 Å². The van der Waals surface area contributed by atoms with E-state index in [-0.39, 0.29) is 12.0 Å². The summed E-state index contributed by atoms with van der Waals surface area (Å²) in [6, 6.07) is 6.44. The SMILES string of the molecule is Cc1cc(CN2CCC[C@@H](C(=O)O)[C@H]2C)ccc1Br. The molecule has 2 atom stereocenters. The van der Waals surface area contributed by atoms with E-state index in [1.54, 1.807) is 0 Å². The summed E-state index contributed by atoms with van der Waals surface area (Å²) in [5, 5.41) is 9.24. The Balaban J connectivity index is 2.09. The topological polar surface area (TPSA) is 40.5 Å². The Bertz CT molecular complexity index is 475. The van der Waals surface area contributed by atoms with Crippen LogP contribution in [0, 0.1) is 12.8 Å². The molecule has 1 aliphatic heterocycles. The minimum Gasteiger partial charge on any atom is -0.481 e. The van der Waals surface area contributed by atoms with Gasteiger partial charge in [0, 0.05) is 17.1 Å². The summed E-state index contributed by atoms with van der Waals surface area (Å²) in [5.41, 5.74) is 2.47. The average Bonchev–Trinajstić information content (AvgIpc) is 2.36. The highest BCUT2D eigenvalue weighted by Crippen LogP contribution is 2.26. The third-order valence-electron chi connectivity index (χ3n) is 4.04. The lowest BCUT2D eigenvalue weighted by Crippen LogP contribution is -2.45. The van der Waals surface area contributed by atoms with Crippen LogP contribution < -0.4 is 0 Å². The summed E-state index contributed by atoms with van der Waals surface area (Å²) < 4.78 is 1.12. The van der Waals surface area contributed by atoms with Crippen LogP contribution in [-0.2, 0) is 11.3 Å². The van der Waals surface area contributed by atoms with Gasteiger partial charge in [-0.25, -0.2) is 0 Å². The fourth-order valence-electron chi connectivity index (χ4n) is 2.81. The first-order chi connectivity index (χ1) is 8.99. The van der Waals surface area contributed by atoms with Crippen LogP contribution in [-0.4, -0.2) is 28.6 Å². The molecule has 0 amide bonds. The zero-order chi connectivity index (χ0) is 14.0. The molecule has 2 rings (SSSR count). The first-order valence-corrected chi connectivity index (χ1v) is 7.50. The quantitative estimate of drug-likeness (QED) is 0.925. The van der Waals surface area contributed by atoms with E-state index in [0.29, 0.717) is 0 Å². The maximum atomic E-state index is 11.2. The van der Waals surface area contributed by atoms with Gasteiger partial charge in [0.1, 0.15) is 0 Å². The van der Waals surface area contributed by atoms with E-state index in [4.69, 9.17) is 0 Å². The van der Waals surface area contributed by atoms with Crippen molar-refractivity contribution < 1.29 is 9.90 Å². The van der Waals surface area contributed by atoms with Gasteiger partial charge < -0.3 is 5.11 Å². The van der Waals surface area contributed by atoms with E-state index >= 15 is 0 Å². The first-order valence-electron chi connectivity index (χ1n) is 6.71. The molecular weight excluding hydrogens is 306 g/mol. The van der Waals surface area contributed by atoms with Crippen LogP contribution in [0.25, 0.3) is 0 Å². The summed E-state index contributed by atoms with van der Waals surface area (Å²) in [4.78, 5) is 13.5. The second-order valence-electron chi connectivity index (χ2n) is 5.38. The van der Waals surface area contributed by atoms with Crippen molar-refractivity contribution in [2.24, 2.45) is 5.92 Å². The minimum atomic E-state index is -0.663. The molecule has 3 nitrogen and oxygen atoms in total. The van der Waals surface area contributed by atoms with Crippen molar-refractivity contribution in [3.05, 3.63) is 33.8 Å². The molecule has 0 aromatic heterocycles. The largest absolute Gasteiger partial charge is 0.481 e. The molecule has 1 fully saturated rings. The molecule has 19 heavy (non-hydrogen) atoms. The van der Waals surface area contributed by atoms with Crippen molar-refractivity contribution in [2.45, 2.75) is 39.3 Å². The summed E-state index contributed by atoms with van der Waals surface area (Å²) in [5.74, 6) is -0.894. The molecular formula is C15H20BrNO2. The number of hydrogen-bond acceptors (Lipinski definition) is 2. The highest BCUT2D eigenvalue weighted by molar-refractivity contribution is 9.10. The van der Waals surface area contributed by atoms with Gasteiger partial charge in [-0.05, 0) is 50.4 Å². The van der Waals surface area contributed by atoms with Gasteiger partial charge >= 0.3 is 5.97 Å². The van der Waals surface area contributed by atoms with Crippen LogP contribution in [0.5, 0.6) is 0 Å². The molecule has 0 aliphatic carbocycles. The number of hydrogen-bond donors (Lipinski definition) is 1. The van der Waals surface area contributed by atoms with E-state index in [1.807, 2.05) is 6.92 Å². The molecule has 1 aliphatic rings. The number of likely N-dealkylation sites (tertiary alicyclic amines) is 1. The van der Waals surface area contributed by atoms with Crippen LogP contribution in [0.2, 0.25) is 0 Å². The number of aryl methyl sites for hydroxylation is 1. The van der Waals surface area contributed by atoms with E-state index in [1.165, 1.54) is 11.1 Å². The number of aliphatic carboxylic acids is 1. The lowest BCUT2D eigenvalue weighted by Gasteiger charge is -2.37. The van der Waals surface area contributed by atoms with Crippen molar-refractivity contribution in [1.82, 2.24) is 4.90 Å². The molecule has 0 saturated carbocycles. The Morgan fingerprint density at radius 1 is 1.53 bits per heavy atom. The maximum Gasteiger partial charge on any atom is 0.308 e. The molecule has 1 aromatic carbocycles. The van der Waals surface area contributed by atoms with E-state index < -0.39 is 5.97 Å². The fraction of sp³-hybridized carbons (Fsp3) is 0.533. The Hall–Kier alpha value is -0.870. The zero-order valence-electron chi connectivity index (χ0n) is 11.4. The predicted octanol–water partition coefficient (Wildman–Crippen LogP) is 3.44. The van der Waals surface area contributed by atoms with Crippen LogP contribution in [0.4, 0.5) is 0 Å². The molecule has 4 heteroatoms. The summed E-state index contributed by atoms with van der Waals surface area (Å²) in [7, 11) is 0. The van der Waals surface area contributed by atoms with Gasteiger partial charge in [-0.15, -0.1) is 0 Å². The van der Waals surface area contributed by atoms with Crippen LogP contribution in [0.3, 0.4) is 0 Å². The van der Waals surface area contributed by atoms with Crippen molar-refractivity contribution in [3.63, 3.8) is 0 Å². The first kappa shape index (κ1) is 14.5. The highest BCUT2D eigenvalue weighted by Gasteiger charge is 2.32. The Labute approximate surface area is 122 Å². The number of carboxylic acid groups (broad SMARTS) is 1. The van der Waals surface area contributed by atoms with Crippen LogP contribution >= 0.6 is 15.9 Å². The van der Waals surface area contributed by atoms with Crippen molar-refractivity contribution in [1.29, 1.82) is 0 Å². The molecule has 0 spiro atoms. The number of carbonyl (C=O) groups is 1. The molecule has 104 valence electrons. The molecule has 0 radical (unpaired) electrons. The van der Waals surface area contributed by atoms with Gasteiger partial charge in [0.15, 0.2) is 0 Å². The number of rotatable bonds is 3.